The van der Waals surface area contributed by atoms with Crippen LogP contribution in [0.4, 0.5) is 0 Å². The molecule has 0 bridgehead atoms. The molecule has 0 radical (unpaired) electrons. The molecular weight excluding hydrogens is 420 g/mol. The molecule has 4 saturated carbocycles. The maximum Gasteiger partial charge on any atom is 0.0863 e. The monoisotopic (exact) mass is 468 g/mol. The highest BCUT2D eigenvalue weighted by molar-refractivity contribution is 5.21. The van der Waals surface area contributed by atoms with Crippen molar-refractivity contribution < 1.29 is 30.6 Å². The maximum absolute atomic E-state index is 12.3. The fourth-order valence-electron chi connectivity index (χ4n) is 9.57. The Labute approximate surface area is 199 Å². The third-order valence-corrected chi connectivity index (χ3v) is 11.1. The van der Waals surface area contributed by atoms with E-state index in [-0.39, 0.29) is 48.0 Å². The van der Waals surface area contributed by atoms with Gasteiger partial charge in [0.05, 0.1) is 30.0 Å². The van der Waals surface area contributed by atoms with Crippen LogP contribution in [0.3, 0.4) is 0 Å². The summed E-state index contributed by atoms with van der Waals surface area (Å²) in [6.45, 7) is 8.70. The Morgan fingerprint density at radius 3 is 2.24 bits per heavy atom. The van der Waals surface area contributed by atoms with E-state index in [1.54, 1.807) is 0 Å². The van der Waals surface area contributed by atoms with Gasteiger partial charge in [0.2, 0.25) is 0 Å². The van der Waals surface area contributed by atoms with Gasteiger partial charge < -0.3 is 30.6 Å². The van der Waals surface area contributed by atoms with Crippen LogP contribution in [-0.2, 0) is 0 Å². The number of hydrogen-bond acceptors (Lipinski definition) is 6. The topological polar surface area (TPSA) is 121 Å². The van der Waals surface area contributed by atoms with Gasteiger partial charge in [0.15, 0.2) is 0 Å². The summed E-state index contributed by atoms with van der Waals surface area (Å²) in [5.41, 5.74) is -1.90. The smallest absolute Gasteiger partial charge is 0.0863 e. The number of aliphatic hydroxyl groups is 6. The van der Waals surface area contributed by atoms with Crippen molar-refractivity contribution in [2.24, 2.45) is 46.3 Å². The normalized spacial score (nSPS) is 53.6. The minimum absolute atomic E-state index is 0.0393. The molecule has 4 aliphatic rings. The van der Waals surface area contributed by atoms with Gasteiger partial charge in [-0.15, -0.1) is 0 Å². The molecule has 0 aliphatic heterocycles. The number of rotatable bonds is 6. The lowest BCUT2D eigenvalue weighted by Crippen LogP contribution is -2.68. The van der Waals surface area contributed by atoms with E-state index in [2.05, 4.69) is 20.8 Å². The molecule has 0 saturated heterocycles. The van der Waals surface area contributed by atoms with E-state index < -0.39 is 41.3 Å². The lowest BCUT2D eigenvalue weighted by molar-refractivity contribution is -0.264. The predicted molar refractivity (Wildman–Crippen MR) is 126 cm³/mol. The Bertz CT molecular complexity index is 702. The van der Waals surface area contributed by atoms with Crippen LogP contribution in [0.5, 0.6) is 0 Å². The average molecular weight is 469 g/mol. The molecule has 0 aromatic carbocycles. The van der Waals surface area contributed by atoms with Gasteiger partial charge >= 0.3 is 0 Å². The van der Waals surface area contributed by atoms with Gasteiger partial charge in [-0.1, -0.05) is 40.5 Å². The molecule has 0 heterocycles. The summed E-state index contributed by atoms with van der Waals surface area (Å²) < 4.78 is 0. The number of hydrogen-bond donors (Lipinski definition) is 6. The molecule has 6 heteroatoms. The van der Waals surface area contributed by atoms with Gasteiger partial charge in [-0.25, -0.2) is 0 Å². The summed E-state index contributed by atoms with van der Waals surface area (Å²) in [5.74, 6) is -0.211. The first kappa shape index (κ1) is 25.8. The third-order valence-electron chi connectivity index (χ3n) is 11.1. The highest BCUT2D eigenvalue weighted by atomic mass is 16.3. The van der Waals surface area contributed by atoms with Crippen LogP contribution >= 0.6 is 0 Å². The highest BCUT2D eigenvalue weighted by Gasteiger charge is 2.72. The van der Waals surface area contributed by atoms with Gasteiger partial charge in [-0.2, -0.15) is 0 Å². The van der Waals surface area contributed by atoms with Gasteiger partial charge in [-0.3, -0.25) is 0 Å². The Morgan fingerprint density at radius 2 is 1.58 bits per heavy atom. The zero-order valence-electron chi connectivity index (χ0n) is 21.0. The largest absolute Gasteiger partial charge is 0.396 e. The van der Waals surface area contributed by atoms with Crippen LogP contribution in [0, 0.1) is 46.3 Å². The van der Waals surface area contributed by atoms with Crippen LogP contribution in [0.25, 0.3) is 0 Å². The first-order valence-corrected chi connectivity index (χ1v) is 13.5. The Hall–Kier alpha value is -0.240. The lowest BCUT2D eigenvalue weighted by atomic mass is 9.42. The van der Waals surface area contributed by atoms with Crippen molar-refractivity contribution in [3.8, 4) is 0 Å². The average Bonchev–Trinajstić information content (AvgIpc) is 2.95. The molecule has 33 heavy (non-hydrogen) atoms. The van der Waals surface area contributed by atoms with Crippen LogP contribution < -0.4 is 0 Å². The van der Waals surface area contributed by atoms with Gasteiger partial charge in [0, 0.05) is 18.9 Å². The maximum atomic E-state index is 12.3. The molecule has 0 spiro atoms. The van der Waals surface area contributed by atoms with E-state index in [1.165, 1.54) is 0 Å². The van der Waals surface area contributed by atoms with E-state index in [9.17, 15) is 30.6 Å². The second kappa shape index (κ2) is 9.01. The SMILES string of the molecule is CC(CCC[C@H](C)CO)[C@H]1[C@@H](O)[C@H](O)C2[C@]3(O)C[C@H](O)C4C[C@@H](O)CC[C@]4(C)C3CC[C@@]21C. The van der Waals surface area contributed by atoms with Crippen molar-refractivity contribution in [2.75, 3.05) is 6.61 Å². The van der Waals surface area contributed by atoms with Crippen molar-refractivity contribution in [3.05, 3.63) is 0 Å². The van der Waals surface area contributed by atoms with Gasteiger partial charge in [-0.05, 0) is 78.9 Å². The molecule has 6 nitrogen and oxygen atoms in total. The summed E-state index contributed by atoms with van der Waals surface area (Å²) >= 11 is 0. The van der Waals surface area contributed by atoms with Crippen LogP contribution in [0.2, 0.25) is 0 Å². The number of fused-ring (bicyclic) bond motifs is 5. The zero-order chi connectivity index (χ0) is 24.3. The summed E-state index contributed by atoms with van der Waals surface area (Å²) in [6, 6.07) is 0. The molecule has 13 atom stereocenters. The summed E-state index contributed by atoms with van der Waals surface area (Å²) in [5, 5.41) is 65.7. The fourth-order valence-corrected chi connectivity index (χ4v) is 9.57. The van der Waals surface area contributed by atoms with Gasteiger partial charge in [0.1, 0.15) is 0 Å². The first-order chi connectivity index (χ1) is 15.4. The fraction of sp³-hybridized carbons (Fsp3) is 1.00. The van der Waals surface area contributed by atoms with Crippen molar-refractivity contribution in [1.29, 1.82) is 0 Å². The molecule has 4 aliphatic carbocycles. The van der Waals surface area contributed by atoms with Crippen LogP contribution in [0.15, 0.2) is 0 Å². The summed E-state index contributed by atoms with van der Waals surface area (Å²) in [7, 11) is 0. The Morgan fingerprint density at radius 1 is 0.909 bits per heavy atom. The summed E-state index contributed by atoms with van der Waals surface area (Å²) in [4.78, 5) is 0. The quantitative estimate of drug-likeness (QED) is 0.356. The number of aliphatic hydroxyl groups excluding tert-OH is 5. The summed E-state index contributed by atoms with van der Waals surface area (Å²) in [6.07, 6.45) is 3.75. The van der Waals surface area contributed by atoms with E-state index in [0.717, 1.165) is 38.5 Å². The molecule has 4 rings (SSSR count). The third kappa shape index (κ3) is 3.92. The van der Waals surface area contributed by atoms with E-state index in [1.807, 2.05) is 6.92 Å². The molecule has 4 unspecified atom stereocenters. The minimum Gasteiger partial charge on any atom is -0.396 e. The lowest BCUT2D eigenvalue weighted by Gasteiger charge is -2.65. The van der Waals surface area contributed by atoms with E-state index in [0.29, 0.717) is 12.8 Å². The minimum atomic E-state index is -1.22. The molecule has 0 aromatic heterocycles. The molecule has 6 N–H and O–H groups in total. The molecular formula is C27H48O6. The highest BCUT2D eigenvalue weighted by Crippen LogP contribution is 2.69. The molecule has 192 valence electrons. The second-order valence-electron chi connectivity index (χ2n) is 13.1. The van der Waals surface area contributed by atoms with Gasteiger partial charge in [0.25, 0.3) is 0 Å². The van der Waals surface area contributed by atoms with Crippen LogP contribution in [0.1, 0.15) is 85.5 Å². The molecule has 0 amide bonds. The molecule has 4 fully saturated rings. The Balaban J connectivity index is 1.61. The van der Waals surface area contributed by atoms with Crippen LogP contribution in [-0.4, -0.2) is 67.3 Å². The van der Waals surface area contributed by atoms with Crippen molar-refractivity contribution in [2.45, 2.75) is 115 Å². The van der Waals surface area contributed by atoms with Crippen molar-refractivity contribution in [1.82, 2.24) is 0 Å². The van der Waals surface area contributed by atoms with E-state index >= 15 is 0 Å². The standard InChI is InChI=1S/C27H48O6/c1-15(14-28)6-5-7-16(2)21-22(31)23(32)24-26(21,4)11-9-20-25(3)10-8-17(29)12-18(25)19(30)13-27(20,24)33/h15-24,28-33H,5-14H2,1-4H3/t15-,16?,17-,18?,19-,20?,21-,22+,23-,24?,25-,26+,27-/m0/s1. The second-order valence-corrected chi connectivity index (χ2v) is 13.1. The van der Waals surface area contributed by atoms with Crippen molar-refractivity contribution in [3.63, 3.8) is 0 Å². The predicted octanol–water partition coefficient (Wildman–Crippen LogP) is 2.47. The van der Waals surface area contributed by atoms with Crippen molar-refractivity contribution >= 4 is 0 Å². The Kier molecular flexibility index (Phi) is 7.05. The van der Waals surface area contributed by atoms with E-state index in [4.69, 9.17) is 0 Å². The zero-order valence-corrected chi connectivity index (χ0v) is 21.0. The first-order valence-electron chi connectivity index (χ1n) is 13.5. The molecule has 0 aromatic rings.